The van der Waals surface area contributed by atoms with Crippen molar-refractivity contribution in [3.05, 3.63) is 35.1 Å². The molecule has 4 rings (SSSR count). The summed E-state index contributed by atoms with van der Waals surface area (Å²) < 4.78 is 11.1. The minimum absolute atomic E-state index is 0.0331. The molecule has 4 heterocycles. The van der Waals surface area contributed by atoms with Gasteiger partial charge in [0.2, 0.25) is 11.9 Å². The standard InChI is InChI=1S/C21H26N6O3S/c1-12-9-17(30-25-12)15-10-22-20(26(4)5)24-19(15)16-7-6-8-27(16)18(28)11-31-21-23-13(2)14(3)29-21/h9-10,16H,6-8,11H2,1-5H3/t16-/m1/s1. The Balaban J connectivity index is 1.60. The van der Waals surface area contributed by atoms with Gasteiger partial charge in [0, 0.05) is 32.9 Å². The lowest BCUT2D eigenvalue weighted by Crippen LogP contribution is -2.33. The summed E-state index contributed by atoms with van der Waals surface area (Å²) in [6.07, 6.45) is 3.50. The quantitative estimate of drug-likeness (QED) is 0.530. The molecule has 0 spiro atoms. The fourth-order valence-corrected chi connectivity index (χ4v) is 4.39. The van der Waals surface area contributed by atoms with Gasteiger partial charge in [0.05, 0.1) is 34.4 Å². The average molecular weight is 443 g/mol. The van der Waals surface area contributed by atoms with E-state index in [0.29, 0.717) is 23.5 Å². The first kappa shape index (κ1) is 21.4. The lowest BCUT2D eigenvalue weighted by atomic mass is 10.0. The van der Waals surface area contributed by atoms with E-state index in [2.05, 4.69) is 15.1 Å². The number of hydrogen-bond donors (Lipinski definition) is 0. The lowest BCUT2D eigenvalue weighted by molar-refractivity contribution is -0.129. The van der Waals surface area contributed by atoms with E-state index in [1.54, 1.807) is 6.20 Å². The van der Waals surface area contributed by atoms with Crippen LogP contribution < -0.4 is 4.90 Å². The van der Waals surface area contributed by atoms with Gasteiger partial charge in [-0.1, -0.05) is 16.9 Å². The predicted molar refractivity (Wildman–Crippen MR) is 117 cm³/mol. The largest absolute Gasteiger partial charge is 0.437 e. The van der Waals surface area contributed by atoms with Gasteiger partial charge in [0.15, 0.2) is 5.76 Å². The Bertz CT molecular complexity index is 1070. The topological polar surface area (TPSA) is 101 Å². The Morgan fingerprint density at radius 1 is 1.29 bits per heavy atom. The van der Waals surface area contributed by atoms with Crippen molar-refractivity contribution in [2.75, 3.05) is 31.3 Å². The van der Waals surface area contributed by atoms with E-state index in [9.17, 15) is 4.79 Å². The second kappa shape index (κ2) is 8.70. The van der Waals surface area contributed by atoms with Crippen LogP contribution in [-0.4, -0.2) is 57.3 Å². The molecule has 0 N–H and O–H groups in total. The van der Waals surface area contributed by atoms with E-state index in [1.807, 2.05) is 50.7 Å². The van der Waals surface area contributed by atoms with Crippen molar-refractivity contribution >= 4 is 23.6 Å². The Labute approximate surface area is 185 Å². The summed E-state index contributed by atoms with van der Waals surface area (Å²) in [7, 11) is 3.79. The number of anilines is 1. The van der Waals surface area contributed by atoms with Gasteiger partial charge in [0.1, 0.15) is 5.76 Å². The zero-order valence-corrected chi connectivity index (χ0v) is 19.2. The summed E-state index contributed by atoms with van der Waals surface area (Å²) in [4.78, 5) is 30.5. The molecule has 3 aromatic heterocycles. The zero-order chi connectivity index (χ0) is 22.1. The number of likely N-dealkylation sites (tertiary alicyclic amines) is 1. The summed E-state index contributed by atoms with van der Waals surface area (Å²) >= 11 is 1.32. The van der Waals surface area contributed by atoms with Crippen molar-refractivity contribution < 1.29 is 13.7 Å². The smallest absolute Gasteiger partial charge is 0.256 e. The van der Waals surface area contributed by atoms with Gasteiger partial charge in [-0.15, -0.1) is 0 Å². The molecule has 1 aliphatic rings. The molecule has 0 aliphatic carbocycles. The fourth-order valence-electron chi connectivity index (χ4n) is 3.60. The molecule has 10 heteroatoms. The van der Waals surface area contributed by atoms with Gasteiger partial charge in [-0.05, 0) is 33.6 Å². The maximum Gasteiger partial charge on any atom is 0.256 e. The highest BCUT2D eigenvalue weighted by Gasteiger charge is 2.34. The number of thioether (sulfide) groups is 1. The molecule has 0 aromatic carbocycles. The number of hydrogen-bond acceptors (Lipinski definition) is 9. The molecule has 0 radical (unpaired) electrons. The number of nitrogens with zero attached hydrogens (tertiary/aromatic N) is 6. The van der Waals surface area contributed by atoms with Crippen LogP contribution in [-0.2, 0) is 4.79 Å². The number of oxazole rings is 1. The Morgan fingerprint density at radius 2 is 2.10 bits per heavy atom. The summed E-state index contributed by atoms with van der Waals surface area (Å²) in [5.41, 5.74) is 3.18. The van der Waals surface area contributed by atoms with Crippen molar-refractivity contribution in [1.82, 2.24) is 25.0 Å². The van der Waals surface area contributed by atoms with Gasteiger partial charge >= 0.3 is 0 Å². The van der Waals surface area contributed by atoms with E-state index in [-0.39, 0.29) is 17.7 Å². The Morgan fingerprint density at radius 3 is 2.74 bits per heavy atom. The van der Waals surface area contributed by atoms with Gasteiger partial charge in [0.25, 0.3) is 5.22 Å². The van der Waals surface area contributed by atoms with E-state index in [1.165, 1.54) is 11.8 Å². The molecule has 1 atom stereocenters. The third-order valence-corrected chi connectivity index (χ3v) is 6.13. The van der Waals surface area contributed by atoms with Crippen LogP contribution in [0.3, 0.4) is 0 Å². The predicted octanol–water partition coefficient (Wildman–Crippen LogP) is 3.57. The minimum atomic E-state index is -0.150. The molecule has 164 valence electrons. The molecule has 0 unspecified atom stereocenters. The number of rotatable bonds is 6. The molecule has 31 heavy (non-hydrogen) atoms. The first-order valence-electron chi connectivity index (χ1n) is 10.2. The Kier molecular flexibility index (Phi) is 5.99. The highest BCUT2D eigenvalue weighted by atomic mass is 32.2. The van der Waals surface area contributed by atoms with Crippen LogP contribution in [0.2, 0.25) is 0 Å². The monoisotopic (exact) mass is 442 g/mol. The maximum absolute atomic E-state index is 13.1. The van der Waals surface area contributed by atoms with Crippen LogP contribution in [0.15, 0.2) is 26.4 Å². The number of aromatic nitrogens is 4. The molecule has 0 saturated carbocycles. The lowest BCUT2D eigenvalue weighted by Gasteiger charge is -2.26. The molecule has 0 bridgehead atoms. The first-order valence-corrected chi connectivity index (χ1v) is 11.2. The normalized spacial score (nSPS) is 16.2. The molecule has 1 amide bonds. The second-order valence-corrected chi connectivity index (χ2v) is 8.78. The molecule has 3 aromatic rings. The van der Waals surface area contributed by atoms with Crippen molar-refractivity contribution in [3.63, 3.8) is 0 Å². The third-order valence-electron chi connectivity index (χ3n) is 5.32. The molecule has 9 nitrogen and oxygen atoms in total. The molecular weight excluding hydrogens is 416 g/mol. The number of aryl methyl sites for hydroxylation is 3. The molecule has 1 fully saturated rings. The summed E-state index contributed by atoms with van der Waals surface area (Å²) in [5.74, 6) is 2.27. The molecule has 1 aliphatic heterocycles. The molecule has 1 saturated heterocycles. The van der Waals surface area contributed by atoms with E-state index in [4.69, 9.17) is 13.9 Å². The highest BCUT2D eigenvalue weighted by molar-refractivity contribution is 7.99. The van der Waals surface area contributed by atoms with Gasteiger partial charge in [-0.25, -0.2) is 15.0 Å². The number of carbonyl (C=O) groups is 1. The second-order valence-electron chi connectivity index (χ2n) is 7.85. The van der Waals surface area contributed by atoms with Gasteiger partial charge in [-0.2, -0.15) is 0 Å². The van der Waals surface area contributed by atoms with Crippen molar-refractivity contribution in [2.24, 2.45) is 0 Å². The van der Waals surface area contributed by atoms with E-state index in [0.717, 1.165) is 41.2 Å². The van der Waals surface area contributed by atoms with Crippen LogP contribution >= 0.6 is 11.8 Å². The average Bonchev–Trinajstić information content (AvgIpc) is 3.46. The highest BCUT2D eigenvalue weighted by Crippen LogP contribution is 2.38. The van der Waals surface area contributed by atoms with Crippen LogP contribution in [0, 0.1) is 20.8 Å². The van der Waals surface area contributed by atoms with Crippen molar-refractivity contribution in [2.45, 2.75) is 44.9 Å². The van der Waals surface area contributed by atoms with Gasteiger partial charge < -0.3 is 18.7 Å². The summed E-state index contributed by atoms with van der Waals surface area (Å²) in [6.45, 7) is 6.32. The van der Waals surface area contributed by atoms with E-state index < -0.39 is 0 Å². The van der Waals surface area contributed by atoms with Crippen LogP contribution in [0.25, 0.3) is 11.3 Å². The van der Waals surface area contributed by atoms with Gasteiger partial charge in [-0.3, -0.25) is 4.79 Å². The Hall–Kier alpha value is -2.88. The minimum Gasteiger partial charge on any atom is -0.437 e. The van der Waals surface area contributed by atoms with Crippen LogP contribution in [0.4, 0.5) is 5.95 Å². The van der Waals surface area contributed by atoms with Crippen LogP contribution in [0.1, 0.15) is 41.7 Å². The van der Waals surface area contributed by atoms with Crippen LogP contribution in [0.5, 0.6) is 0 Å². The van der Waals surface area contributed by atoms with E-state index >= 15 is 0 Å². The van der Waals surface area contributed by atoms with Crippen molar-refractivity contribution in [1.29, 1.82) is 0 Å². The summed E-state index contributed by atoms with van der Waals surface area (Å²) in [5, 5.41) is 4.52. The van der Waals surface area contributed by atoms with Crippen molar-refractivity contribution in [3.8, 4) is 11.3 Å². The molecular formula is C21H26N6O3S. The maximum atomic E-state index is 13.1. The number of amides is 1. The first-order chi connectivity index (χ1) is 14.8. The SMILES string of the molecule is Cc1cc(-c2cnc(N(C)C)nc2[C@H]2CCCN2C(=O)CSc2nc(C)c(C)o2)on1. The zero-order valence-electron chi connectivity index (χ0n) is 18.4. The third kappa shape index (κ3) is 4.43. The summed E-state index contributed by atoms with van der Waals surface area (Å²) in [6, 6.07) is 1.71. The number of carbonyl (C=O) groups excluding carboxylic acids is 1. The fraction of sp³-hybridized carbons (Fsp3) is 0.476.